The van der Waals surface area contributed by atoms with Gasteiger partial charge in [0.1, 0.15) is 12.1 Å². The van der Waals surface area contributed by atoms with Crippen molar-refractivity contribution < 1.29 is 19.4 Å². The number of hydrogen-bond acceptors (Lipinski definition) is 3. The fourth-order valence-electron chi connectivity index (χ4n) is 3.13. The first-order valence-electron chi connectivity index (χ1n) is 8.69. The van der Waals surface area contributed by atoms with Crippen molar-refractivity contribution in [2.24, 2.45) is 5.92 Å². The number of carboxylic acid groups (broad SMARTS) is 1. The Morgan fingerprint density at radius 3 is 2.46 bits per heavy atom. The van der Waals surface area contributed by atoms with E-state index >= 15 is 0 Å². The van der Waals surface area contributed by atoms with E-state index in [9.17, 15) is 14.7 Å². The number of nitrogens with zero attached hydrogens (tertiary/aromatic N) is 1. The van der Waals surface area contributed by atoms with Gasteiger partial charge in [0.25, 0.3) is 0 Å². The van der Waals surface area contributed by atoms with Gasteiger partial charge in [-0.15, -0.1) is 0 Å². The predicted molar refractivity (Wildman–Crippen MR) is 91.6 cm³/mol. The standard InChI is InChI=1S/C19H27NO4/c1-3-12-20(18(23)24-14-16-8-5-4-6-9-16)19(2,17(21)22)13-15-10-7-11-15/h4-6,8-9,15H,3,7,10-14H2,1-2H3,(H,21,22). The largest absolute Gasteiger partial charge is 0.480 e. The fraction of sp³-hybridized carbons (Fsp3) is 0.579. The number of ether oxygens (including phenoxy) is 1. The smallest absolute Gasteiger partial charge is 0.411 e. The molecule has 1 fully saturated rings. The highest BCUT2D eigenvalue weighted by molar-refractivity contribution is 5.84. The third kappa shape index (κ3) is 4.28. The summed E-state index contributed by atoms with van der Waals surface area (Å²) >= 11 is 0. The molecule has 5 heteroatoms. The molecule has 1 unspecified atom stereocenters. The van der Waals surface area contributed by atoms with Crippen LogP contribution in [0.2, 0.25) is 0 Å². The Bertz CT molecular complexity index is 556. The lowest BCUT2D eigenvalue weighted by molar-refractivity contribution is -0.151. The Labute approximate surface area is 143 Å². The average molecular weight is 333 g/mol. The second-order valence-corrected chi connectivity index (χ2v) is 6.77. The van der Waals surface area contributed by atoms with Crippen molar-refractivity contribution in [1.29, 1.82) is 0 Å². The lowest BCUT2D eigenvalue weighted by atomic mass is 9.76. The molecule has 0 saturated heterocycles. The molecule has 0 aliphatic heterocycles. The first-order valence-corrected chi connectivity index (χ1v) is 8.69. The van der Waals surface area contributed by atoms with Gasteiger partial charge >= 0.3 is 12.1 Å². The summed E-state index contributed by atoms with van der Waals surface area (Å²) in [7, 11) is 0. The summed E-state index contributed by atoms with van der Waals surface area (Å²) in [6, 6.07) is 9.41. The van der Waals surface area contributed by atoms with Gasteiger partial charge in [0, 0.05) is 6.54 Å². The lowest BCUT2D eigenvalue weighted by Crippen LogP contribution is -2.56. The third-order valence-corrected chi connectivity index (χ3v) is 4.84. The number of amides is 1. The average Bonchev–Trinajstić information content (AvgIpc) is 2.54. The quantitative estimate of drug-likeness (QED) is 0.779. The molecule has 5 nitrogen and oxygen atoms in total. The number of hydrogen-bond donors (Lipinski definition) is 1. The van der Waals surface area contributed by atoms with Crippen LogP contribution in [0.4, 0.5) is 4.79 Å². The molecule has 1 saturated carbocycles. The topological polar surface area (TPSA) is 66.8 Å². The Morgan fingerprint density at radius 2 is 1.96 bits per heavy atom. The maximum atomic E-state index is 12.6. The van der Waals surface area contributed by atoms with E-state index in [4.69, 9.17) is 4.74 Å². The van der Waals surface area contributed by atoms with Gasteiger partial charge in [-0.05, 0) is 31.2 Å². The van der Waals surface area contributed by atoms with Crippen molar-refractivity contribution in [3.05, 3.63) is 35.9 Å². The van der Waals surface area contributed by atoms with Crippen LogP contribution in [0.1, 0.15) is 51.5 Å². The van der Waals surface area contributed by atoms with Crippen molar-refractivity contribution in [2.45, 2.75) is 58.1 Å². The van der Waals surface area contributed by atoms with Gasteiger partial charge in [-0.25, -0.2) is 9.59 Å². The summed E-state index contributed by atoms with van der Waals surface area (Å²) in [5.74, 6) is -0.577. The summed E-state index contributed by atoms with van der Waals surface area (Å²) in [6.07, 6.45) is 3.86. The van der Waals surface area contributed by atoms with Gasteiger partial charge in [-0.1, -0.05) is 56.5 Å². The highest BCUT2D eigenvalue weighted by atomic mass is 16.6. The van der Waals surface area contributed by atoms with Gasteiger partial charge in [0.2, 0.25) is 0 Å². The van der Waals surface area contributed by atoms with Crippen LogP contribution in [0.3, 0.4) is 0 Å². The van der Waals surface area contributed by atoms with Crippen LogP contribution in [0, 0.1) is 5.92 Å². The molecule has 24 heavy (non-hydrogen) atoms. The maximum Gasteiger partial charge on any atom is 0.411 e. The monoisotopic (exact) mass is 333 g/mol. The molecule has 0 heterocycles. The number of carbonyl (C=O) groups is 2. The number of aliphatic carboxylic acids is 1. The molecule has 0 spiro atoms. The minimum Gasteiger partial charge on any atom is -0.480 e. The molecule has 0 aromatic heterocycles. The van der Waals surface area contributed by atoms with Crippen LogP contribution in [-0.2, 0) is 16.1 Å². The molecular weight excluding hydrogens is 306 g/mol. The van der Waals surface area contributed by atoms with Crippen molar-refractivity contribution in [1.82, 2.24) is 4.90 Å². The van der Waals surface area contributed by atoms with Gasteiger partial charge in [0.05, 0.1) is 0 Å². The molecule has 1 aliphatic carbocycles. The Morgan fingerprint density at radius 1 is 1.29 bits per heavy atom. The zero-order valence-corrected chi connectivity index (χ0v) is 14.5. The fourth-order valence-corrected chi connectivity index (χ4v) is 3.13. The molecule has 1 atom stereocenters. The van der Waals surface area contributed by atoms with Crippen LogP contribution >= 0.6 is 0 Å². The molecule has 0 bridgehead atoms. The Kier molecular flexibility index (Phi) is 6.23. The summed E-state index contributed by atoms with van der Waals surface area (Å²) in [4.78, 5) is 25.9. The Hall–Kier alpha value is -2.04. The van der Waals surface area contributed by atoms with Crippen LogP contribution in [-0.4, -0.2) is 34.2 Å². The summed E-state index contributed by atoms with van der Waals surface area (Å²) in [6.45, 7) is 4.11. The molecule has 1 aromatic rings. The van der Waals surface area contributed by atoms with E-state index in [1.54, 1.807) is 6.92 Å². The first kappa shape index (κ1) is 18.3. The number of carboxylic acids is 1. The van der Waals surface area contributed by atoms with Crippen molar-refractivity contribution >= 4 is 12.1 Å². The third-order valence-electron chi connectivity index (χ3n) is 4.84. The normalized spacial score (nSPS) is 16.8. The molecule has 1 N–H and O–H groups in total. The second-order valence-electron chi connectivity index (χ2n) is 6.77. The summed E-state index contributed by atoms with van der Waals surface area (Å²) < 4.78 is 5.40. The van der Waals surface area contributed by atoms with Crippen LogP contribution in [0.5, 0.6) is 0 Å². The highest BCUT2D eigenvalue weighted by Gasteiger charge is 2.45. The Balaban J connectivity index is 2.08. The van der Waals surface area contributed by atoms with Crippen molar-refractivity contribution in [3.63, 3.8) is 0 Å². The van der Waals surface area contributed by atoms with E-state index in [0.717, 1.165) is 24.8 Å². The molecule has 1 aliphatic rings. The lowest BCUT2D eigenvalue weighted by Gasteiger charge is -2.41. The van der Waals surface area contributed by atoms with Crippen LogP contribution in [0.25, 0.3) is 0 Å². The van der Waals surface area contributed by atoms with E-state index in [2.05, 4.69) is 0 Å². The first-order chi connectivity index (χ1) is 11.5. The van der Waals surface area contributed by atoms with Gasteiger partial charge in [-0.3, -0.25) is 4.90 Å². The number of rotatable bonds is 8. The van der Waals surface area contributed by atoms with E-state index in [1.165, 1.54) is 4.90 Å². The second kappa shape index (κ2) is 8.18. The number of benzene rings is 1. The molecule has 2 rings (SSSR count). The minimum absolute atomic E-state index is 0.152. The summed E-state index contributed by atoms with van der Waals surface area (Å²) in [5, 5.41) is 9.78. The van der Waals surface area contributed by atoms with E-state index in [0.29, 0.717) is 25.3 Å². The van der Waals surface area contributed by atoms with Gasteiger partial charge in [-0.2, -0.15) is 0 Å². The predicted octanol–water partition coefficient (Wildman–Crippen LogP) is 4.07. The zero-order chi connectivity index (χ0) is 17.6. The van der Waals surface area contributed by atoms with Crippen LogP contribution in [0.15, 0.2) is 30.3 Å². The van der Waals surface area contributed by atoms with Crippen molar-refractivity contribution in [2.75, 3.05) is 6.54 Å². The van der Waals surface area contributed by atoms with Crippen molar-refractivity contribution in [3.8, 4) is 0 Å². The number of carbonyl (C=O) groups excluding carboxylic acids is 1. The zero-order valence-electron chi connectivity index (χ0n) is 14.5. The molecular formula is C19H27NO4. The molecule has 1 aromatic carbocycles. The van der Waals surface area contributed by atoms with E-state index < -0.39 is 17.6 Å². The van der Waals surface area contributed by atoms with Crippen LogP contribution < -0.4 is 0 Å². The van der Waals surface area contributed by atoms with E-state index in [1.807, 2.05) is 37.3 Å². The van der Waals surface area contributed by atoms with Gasteiger partial charge < -0.3 is 9.84 Å². The summed E-state index contributed by atoms with van der Waals surface area (Å²) in [5.41, 5.74) is -0.326. The minimum atomic E-state index is -1.21. The highest BCUT2D eigenvalue weighted by Crippen LogP contribution is 2.36. The molecule has 1 amide bonds. The maximum absolute atomic E-state index is 12.6. The van der Waals surface area contributed by atoms with Gasteiger partial charge in [0.15, 0.2) is 0 Å². The molecule has 0 radical (unpaired) electrons. The van der Waals surface area contributed by atoms with E-state index in [-0.39, 0.29) is 6.61 Å². The molecule has 132 valence electrons. The SMILES string of the molecule is CCCN(C(=O)OCc1ccccc1)C(C)(CC1CCC1)C(=O)O.